The van der Waals surface area contributed by atoms with Crippen LogP contribution in [0.3, 0.4) is 0 Å². The third-order valence-electron chi connectivity index (χ3n) is 4.32. The molecule has 1 heterocycles. The molecule has 0 amide bonds. The predicted molar refractivity (Wildman–Crippen MR) is 84.9 cm³/mol. The highest BCUT2D eigenvalue weighted by Gasteiger charge is 2.35. The number of hydrogen-bond donors (Lipinski definition) is 0. The lowest BCUT2D eigenvalue weighted by molar-refractivity contribution is -0.141. The lowest BCUT2D eigenvalue weighted by Gasteiger charge is -2.30. The summed E-state index contributed by atoms with van der Waals surface area (Å²) < 4.78 is 38.7. The number of aromatic nitrogens is 1. The van der Waals surface area contributed by atoms with Crippen molar-refractivity contribution in [3.63, 3.8) is 0 Å². The third-order valence-corrected chi connectivity index (χ3v) is 4.32. The van der Waals surface area contributed by atoms with E-state index in [-0.39, 0.29) is 5.41 Å². The van der Waals surface area contributed by atoms with E-state index >= 15 is 0 Å². The van der Waals surface area contributed by atoms with Crippen LogP contribution in [-0.4, -0.2) is 4.98 Å². The molecular weight excluding hydrogens is 287 g/mol. The number of alkyl halides is 3. The monoisotopic (exact) mass is 315 g/mol. The summed E-state index contributed by atoms with van der Waals surface area (Å²) >= 11 is 0. The van der Waals surface area contributed by atoms with Crippen molar-refractivity contribution in [3.8, 4) is 0 Å². The summed E-state index contributed by atoms with van der Waals surface area (Å²) in [6.45, 7) is 6.33. The molecule has 0 saturated carbocycles. The number of nitrogens with zero attached hydrogens (tertiary/aromatic N) is 1. The van der Waals surface area contributed by atoms with Gasteiger partial charge in [0.1, 0.15) is 5.69 Å². The van der Waals surface area contributed by atoms with Gasteiger partial charge in [-0.2, -0.15) is 13.2 Å². The number of halogens is 3. The summed E-state index contributed by atoms with van der Waals surface area (Å²) in [6, 6.07) is 4.30. The molecule has 0 radical (unpaired) electrons. The second kappa shape index (κ2) is 8.54. The van der Waals surface area contributed by atoms with Gasteiger partial charge >= 0.3 is 6.18 Å². The van der Waals surface area contributed by atoms with Crippen molar-refractivity contribution in [2.24, 2.45) is 0 Å². The minimum atomic E-state index is -4.37. The summed E-state index contributed by atoms with van der Waals surface area (Å²) in [4.78, 5) is 3.94. The van der Waals surface area contributed by atoms with Crippen LogP contribution in [0.5, 0.6) is 0 Å². The second-order valence-electron chi connectivity index (χ2n) is 6.38. The Hall–Kier alpha value is -1.06. The van der Waals surface area contributed by atoms with Gasteiger partial charge in [0, 0.05) is 11.1 Å². The van der Waals surface area contributed by atoms with Crippen LogP contribution in [0.25, 0.3) is 0 Å². The number of rotatable bonds is 9. The van der Waals surface area contributed by atoms with Gasteiger partial charge in [0.25, 0.3) is 0 Å². The first kappa shape index (κ1) is 19.0. The van der Waals surface area contributed by atoms with E-state index in [9.17, 15) is 13.2 Å². The van der Waals surface area contributed by atoms with E-state index in [1.165, 1.54) is 12.5 Å². The molecule has 0 aliphatic rings. The molecule has 0 aliphatic heterocycles. The molecule has 1 rings (SSSR count). The van der Waals surface area contributed by atoms with Crippen LogP contribution in [0.1, 0.15) is 83.5 Å². The number of unbranched alkanes of at least 4 members (excludes halogenated alkanes) is 4. The minimum absolute atomic E-state index is 0.259. The molecule has 126 valence electrons. The van der Waals surface area contributed by atoms with Crippen LogP contribution in [0.15, 0.2) is 18.2 Å². The van der Waals surface area contributed by atoms with E-state index < -0.39 is 11.9 Å². The molecule has 1 atom stereocenters. The maximum absolute atomic E-state index is 12.9. The molecule has 0 saturated heterocycles. The maximum Gasteiger partial charge on any atom is 0.433 e. The second-order valence-corrected chi connectivity index (χ2v) is 6.38. The van der Waals surface area contributed by atoms with Gasteiger partial charge < -0.3 is 0 Å². The topological polar surface area (TPSA) is 12.9 Å². The predicted octanol–water partition coefficient (Wildman–Crippen LogP) is 6.52. The lowest BCUT2D eigenvalue weighted by atomic mass is 9.77. The van der Waals surface area contributed by atoms with Gasteiger partial charge in [-0.3, -0.25) is 0 Å². The SMILES string of the molecule is CCCCCCC(C)(CCCC)c1cccc(C(F)(F)F)n1. The Labute approximate surface area is 132 Å². The van der Waals surface area contributed by atoms with Crippen molar-refractivity contribution in [2.45, 2.75) is 83.7 Å². The molecule has 1 aromatic rings. The number of hydrogen-bond acceptors (Lipinski definition) is 1. The average molecular weight is 315 g/mol. The van der Waals surface area contributed by atoms with Gasteiger partial charge in [-0.25, -0.2) is 4.98 Å². The third kappa shape index (κ3) is 5.62. The highest BCUT2D eigenvalue weighted by molar-refractivity contribution is 5.20. The summed E-state index contributed by atoms with van der Waals surface area (Å²) in [6.07, 6.45) is 4.01. The highest BCUT2D eigenvalue weighted by atomic mass is 19.4. The zero-order chi connectivity index (χ0) is 16.6. The zero-order valence-electron chi connectivity index (χ0n) is 14.0. The van der Waals surface area contributed by atoms with Crippen LogP contribution in [0, 0.1) is 0 Å². The average Bonchev–Trinajstić information content (AvgIpc) is 2.49. The van der Waals surface area contributed by atoms with Crippen molar-refractivity contribution >= 4 is 0 Å². The molecule has 0 N–H and O–H groups in total. The first-order valence-corrected chi connectivity index (χ1v) is 8.38. The normalized spacial score (nSPS) is 14.8. The van der Waals surface area contributed by atoms with Crippen LogP contribution in [0.4, 0.5) is 13.2 Å². The first-order chi connectivity index (χ1) is 10.3. The quantitative estimate of drug-likeness (QED) is 0.473. The van der Waals surface area contributed by atoms with Crippen LogP contribution >= 0.6 is 0 Å². The van der Waals surface area contributed by atoms with E-state index in [0.717, 1.165) is 51.0 Å². The van der Waals surface area contributed by atoms with Gasteiger partial charge in [0.05, 0.1) is 0 Å². The molecule has 0 spiro atoms. The van der Waals surface area contributed by atoms with Crippen LogP contribution in [-0.2, 0) is 11.6 Å². The fraction of sp³-hybridized carbons (Fsp3) is 0.722. The molecule has 0 aliphatic carbocycles. The smallest absolute Gasteiger partial charge is 0.248 e. The summed E-state index contributed by atoms with van der Waals surface area (Å²) in [5.41, 5.74) is -0.445. The summed E-state index contributed by atoms with van der Waals surface area (Å²) in [5.74, 6) is 0. The van der Waals surface area contributed by atoms with Gasteiger partial charge in [0.2, 0.25) is 0 Å². The van der Waals surface area contributed by atoms with Gasteiger partial charge in [0.15, 0.2) is 0 Å². The van der Waals surface area contributed by atoms with E-state index in [4.69, 9.17) is 0 Å². The summed E-state index contributed by atoms with van der Waals surface area (Å²) in [7, 11) is 0. The van der Waals surface area contributed by atoms with Crippen molar-refractivity contribution in [1.29, 1.82) is 0 Å². The van der Waals surface area contributed by atoms with Gasteiger partial charge in [-0.05, 0) is 25.0 Å². The molecule has 0 bridgehead atoms. The van der Waals surface area contributed by atoms with E-state index in [1.807, 2.05) is 0 Å². The zero-order valence-corrected chi connectivity index (χ0v) is 14.0. The van der Waals surface area contributed by atoms with E-state index in [1.54, 1.807) is 6.07 Å². The molecule has 1 nitrogen and oxygen atoms in total. The summed E-state index contributed by atoms with van der Waals surface area (Å²) in [5, 5.41) is 0. The Morgan fingerprint density at radius 2 is 1.45 bits per heavy atom. The van der Waals surface area contributed by atoms with Crippen molar-refractivity contribution in [2.75, 3.05) is 0 Å². The standard InChI is InChI=1S/C18H28F3N/c1-4-6-8-9-14-17(3,13-7-5-2)15-11-10-12-16(22-15)18(19,20)21/h10-12H,4-9,13-14H2,1-3H3. The molecular formula is C18H28F3N. The maximum atomic E-state index is 12.9. The fourth-order valence-corrected chi connectivity index (χ4v) is 2.82. The fourth-order valence-electron chi connectivity index (χ4n) is 2.82. The van der Waals surface area contributed by atoms with Crippen molar-refractivity contribution < 1.29 is 13.2 Å². The van der Waals surface area contributed by atoms with Gasteiger partial charge in [-0.15, -0.1) is 0 Å². The van der Waals surface area contributed by atoms with Crippen molar-refractivity contribution in [1.82, 2.24) is 4.98 Å². The Kier molecular flexibility index (Phi) is 7.37. The molecule has 1 aromatic heterocycles. The van der Waals surface area contributed by atoms with E-state index in [0.29, 0.717) is 5.69 Å². The van der Waals surface area contributed by atoms with Gasteiger partial charge in [-0.1, -0.05) is 65.4 Å². The first-order valence-electron chi connectivity index (χ1n) is 8.38. The molecule has 22 heavy (non-hydrogen) atoms. The Balaban J connectivity index is 2.94. The molecule has 1 unspecified atom stereocenters. The number of pyridine rings is 1. The molecule has 4 heteroatoms. The largest absolute Gasteiger partial charge is 0.433 e. The van der Waals surface area contributed by atoms with Crippen LogP contribution in [0.2, 0.25) is 0 Å². The van der Waals surface area contributed by atoms with Crippen LogP contribution < -0.4 is 0 Å². The van der Waals surface area contributed by atoms with E-state index in [2.05, 4.69) is 25.8 Å². The highest BCUT2D eigenvalue weighted by Crippen LogP contribution is 2.36. The Morgan fingerprint density at radius 3 is 2.05 bits per heavy atom. The molecule has 0 fully saturated rings. The molecule has 0 aromatic carbocycles. The Morgan fingerprint density at radius 1 is 0.864 bits per heavy atom. The Bertz CT molecular complexity index is 442. The lowest BCUT2D eigenvalue weighted by Crippen LogP contribution is -2.25. The van der Waals surface area contributed by atoms with Crippen molar-refractivity contribution in [3.05, 3.63) is 29.6 Å². The minimum Gasteiger partial charge on any atom is -0.248 e.